The molecule has 0 saturated carbocycles. The lowest BCUT2D eigenvalue weighted by Gasteiger charge is -2.31. The normalized spacial score (nSPS) is 25.1. The predicted molar refractivity (Wildman–Crippen MR) is 75.7 cm³/mol. The smallest absolute Gasteiger partial charge is 0.325 e. The molecule has 1 atom stereocenters. The van der Waals surface area contributed by atoms with Crippen LogP contribution in [0.2, 0.25) is 0 Å². The second-order valence-corrected chi connectivity index (χ2v) is 6.10. The number of hydrogen-bond acceptors (Lipinski definition) is 4. The Kier molecular flexibility index (Phi) is 3.52. The molecule has 1 saturated heterocycles. The molecular weight excluding hydrogens is 276 g/mol. The highest BCUT2D eigenvalue weighted by Crippen LogP contribution is 2.41. The van der Waals surface area contributed by atoms with Gasteiger partial charge >= 0.3 is 6.03 Å². The van der Waals surface area contributed by atoms with E-state index in [2.05, 4.69) is 5.32 Å². The number of fused-ring (bicyclic) bond motifs is 2. The van der Waals surface area contributed by atoms with Crippen molar-refractivity contribution in [2.24, 2.45) is 0 Å². The number of nitrogens with zero attached hydrogens (tertiary/aromatic N) is 1. The van der Waals surface area contributed by atoms with Gasteiger partial charge in [-0.2, -0.15) is 0 Å². The Morgan fingerprint density at radius 2 is 2.35 bits per heavy atom. The van der Waals surface area contributed by atoms with Crippen LogP contribution in [0, 0.1) is 0 Å². The fourth-order valence-electron chi connectivity index (χ4n) is 3.04. The van der Waals surface area contributed by atoms with Crippen LogP contribution in [0.3, 0.4) is 0 Å². The highest BCUT2D eigenvalue weighted by atomic mass is 32.1. The van der Waals surface area contributed by atoms with E-state index in [0.717, 1.165) is 18.4 Å². The van der Waals surface area contributed by atoms with Crippen molar-refractivity contribution in [3.8, 4) is 0 Å². The van der Waals surface area contributed by atoms with E-state index in [-0.39, 0.29) is 11.9 Å². The second-order valence-electron chi connectivity index (χ2n) is 5.10. The summed E-state index contributed by atoms with van der Waals surface area (Å²) in [7, 11) is 0. The maximum Gasteiger partial charge on any atom is 0.325 e. The molecule has 1 aliphatic heterocycles. The summed E-state index contributed by atoms with van der Waals surface area (Å²) >= 11 is 1.67. The lowest BCUT2D eigenvalue weighted by Crippen LogP contribution is -2.46. The molecule has 20 heavy (non-hydrogen) atoms. The lowest BCUT2D eigenvalue weighted by molar-refractivity contribution is -0.132. The number of hydrogen-bond donors (Lipinski definition) is 1. The first kappa shape index (κ1) is 13.6. The van der Waals surface area contributed by atoms with Crippen molar-refractivity contribution < 1.29 is 14.3 Å². The Morgan fingerprint density at radius 3 is 3.15 bits per heavy atom. The topological polar surface area (TPSA) is 58.6 Å². The predicted octanol–water partition coefficient (Wildman–Crippen LogP) is 1.87. The van der Waals surface area contributed by atoms with Crippen LogP contribution in [0.1, 0.15) is 30.2 Å². The molecule has 6 heteroatoms. The van der Waals surface area contributed by atoms with Gasteiger partial charge in [0.15, 0.2) is 0 Å². The molecule has 0 aromatic carbocycles. The first-order valence-electron chi connectivity index (χ1n) is 6.98. The summed E-state index contributed by atoms with van der Waals surface area (Å²) in [5.74, 6) is -0.124. The Morgan fingerprint density at radius 1 is 1.50 bits per heavy atom. The van der Waals surface area contributed by atoms with E-state index >= 15 is 0 Å². The number of carbonyl (C=O) groups excluding carboxylic acids is 2. The number of carbonyl (C=O) groups is 2. The third kappa shape index (κ3) is 1.94. The van der Waals surface area contributed by atoms with Crippen LogP contribution in [-0.4, -0.2) is 36.6 Å². The van der Waals surface area contributed by atoms with Crippen molar-refractivity contribution in [2.75, 3.05) is 19.8 Å². The van der Waals surface area contributed by atoms with Crippen LogP contribution < -0.4 is 5.32 Å². The Balaban J connectivity index is 1.87. The van der Waals surface area contributed by atoms with E-state index in [0.29, 0.717) is 26.2 Å². The van der Waals surface area contributed by atoms with Crippen molar-refractivity contribution in [1.82, 2.24) is 10.2 Å². The van der Waals surface area contributed by atoms with Crippen molar-refractivity contribution in [3.63, 3.8) is 0 Å². The van der Waals surface area contributed by atoms with Gasteiger partial charge in [0.2, 0.25) is 0 Å². The monoisotopic (exact) mass is 294 g/mol. The molecule has 1 fully saturated rings. The Bertz CT molecular complexity index is 542. The fraction of sp³-hybridized carbons (Fsp3) is 0.571. The number of imide groups is 1. The zero-order chi connectivity index (χ0) is 14.2. The van der Waals surface area contributed by atoms with Crippen molar-refractivity contribution in [3.05, 3.63) is 21.9 Å². The molecule has 1 aliphatic carbocycles. The molecule has 3 amide bonds. The number of thiophene rings is 1. The Labute approximate surface area is 121 Å². The summed E-state index contributed by atoms with van der Waals surface area (Å²) in [5, 5.41) is 4.93. The van der Waals surface area contributed by atoms with Gasteiger partial charge in [-0.05, 0) is 37.6 Å². The molecule has 5 nitrogen and oxygen atoms in total. The summed E-state index contributed by atoms with van der Waals surface area (Å²) in [6, 6.07) is 1.68. The highest BCUT2D eigenvalue weighted by Gasteiger charge is 2.54. The molecule has 2 aliphatic rings. The van der Waals surface area contributed by atoms with Crippen LogP contribution in [-0.2, 0) is 21.5 Å². The summed E-state index contributed by atoms with van der Waals surface area (Å²) in [5.41, 5.74) is 0.169. The van der Waals surface area contributed by atoms with E-state index < -0.39 is 5.54 Å². The number of urea groups is 1. The lowest BCUT2D eigenvalue weighted by atomic mass is 9.80. The van der Waals surface area contributed by atoms with E-state index in [9.17, 15) is 9.59 Å². The number of amides is 3. The van der Waals surface area contributed by atoms with Crippen LogP contribution in [0.4, 0.5) is 4.79 Å². The SMILES string of the molecule is CCOCCN1C(=O)NC2(CCCc3sccc32)C1=O. The van der Waals surface area contributed by atoms with Crippen LogP contribution in [0.25, 0.3) is 0 Å². The number of rotatable bonds is 4. The minimum Gasteiger partial charge on any atom is -0.380 e. The fourth-order valence-corrected chi connectivity index (χ4v) is 4.04. The van der Waals surface area contributed by atoms with Gasteiger partial charge < -0.3 is 10.1 Å². The van der Waals surface area contributed by atoms with Crippen LogP contribution >= 0.6 is 11.3 Å². The van der Waals surface area contributed by atoms with Gasteiger partial charge in [-0.15, -0.1) is 11.3 Å². The van der Waals surface area contributed by atoms with E-state index in [1.165, 1.54) is 9.78 Å². The molecule has 1 unspecified atom stereocenters. The molecule has 1 aromatic rings. The molecule has 3 rings (SSSR count). The third-order valence-corrected chi connectivity index (χ3v) is 4.98. The molecule has 1 N–H and O–H groups in total. The average Bonchev–Trinajstić information content (AvgIpc) is 2.99. The van der Waals surface area contributed by atoms with Crippen molar-refractivity contribution in [1.29, 1.82) is 0 Å². The van der Waals surface area contributed by atoms with Crippen molar-refractivity contribution >= 4 is 23.3 Å². The number of ether oxygens (including phenoxy) is 1. The maximum atomic E-state index is 12.7. The van der Waals surface area contributed by atoms with Crippen LogP contribution in [0.5, 0.6) is 0 Å². The molecule has 0 radical (unpaired) electrons. The minimum absolute atomic E-state index is 0.124. The average molecular weight is 294 g/mol. The minimum atomic E-state index is -0.823. The first-order chi connectivity index (χ1) is 9.69. The third-order valence-electron chi connectivity index (χ3n) is 4.00. The standard InChI is InChI=1S/C14H18N2O3S/c1-2-19-8-7-16-12(17)14(15-13(16)18)6-3-4-11-10(14)5-9-20-11/h5,9H,2-4,6-8H2,1H3,(H,15,18). The second kappa shape index (κ2) is 5.18. The molecule has 1 spiro atoms. The molecule has 0 bridgehead atoms. The first-order valence-corrected chi connectivity index (χ1v) is 7.85. The van der Waals surface area contributed by atoms with E-state index in [1.54, 1.807) is 11.3 Å². The van der Waals surface area contributed by atoms with Gasteiger partial charge in [-0.25, -0.2) is 4.79 Å². The van der Waals surface area contributed by atoms with Gasteiger partial charge in [-0.3, -0.25) is 9.69 Å². The van der Waals surface area contributed by atoms with Gasteiger partial charge in [0, 0.05) is 17.0 Å². The summed E-state index contributed by atoms with van der Waals surface area (Å²) in [6.45, 7) is 3.19. The molecule has 1 aromatic heterocycles. The largest absolute Gasteiger partial charge is 0.380 e. The van der Waals surface area contributed by atoms with Gasteiger partial charge in [-0.1, -0.05) is 0 Å². The summed E-state index contributed by atoms with van der Waals surface area (Å²) in [4.78, 5) is 27.4. The quantitative estimate of drug-likeness (QED) is 0.681. The van der Waals surface area contributed by atoms with Crippen molar-refractivity contribution in [2.45, 2.75) is 31.7 Å². The zero-order valence-corrected chi connectivity index (χ0v) is 12.3. The highest BCUT2D eigenvalue weighted by molar-refractivity contribution is 7.10. The zero-order valence-electron chi connectivity index (χ0n) is 11.5. The molecular formula is C14H18N2O3S. The summed E-state index contributed by atoms with van der Waals surface area (Å²) in [6.07, 6.45) is 2.61. The molecule has 108 valence electrons. The maximum absolute atomic E-state index is 12.7. The molecule has 2 heterocycles. The summed E-state index contributed by atoms with van der Waals surface area (Å²) < 4.78 is 5.25. The number of aryl methyl sites for hydroxylation is 1. The van der Waals surface area contributed by atoms with Gasteiger partial charge in [0.1, 0.15) is 5.54 Å². The van der Waals surface area contributed by atoms with E-state index in [1.807, 2.05) is 18.4 Å². The van der Waals surface area contributed by atoms with Gasteiger partial charge in [0.05, 0.1) is 13.2 Å². The van der Waals surface area contributed by atoms with E-state index in [4.69, 9.17) is 4.74 Å². The van der Waals surface area contributed by atoms with Crippen LogP contribution in [0.15, 0.2) is 11.4 Å². The Hall–Kier alpha value is -1.40. The van der Waals surface area contributed by atoms with Gasteiger partial charge in [0.25, 0.3) is 5.91 Å². The number of nitrogens with one attached hydrogen (secondary N) is 1.